The lowest BCUT2D eigenvalue weighted by molar-refractivity contribution is -0.225. The van der Waals surface area contributed by atoms with Crippen molar-refractivity contribution in [3.63, 3.8) is 0 Å². The van der Waals surface area contributed by atoms with Gasteiger partial charge in [-0.1, -0.05) is 46.3 Å². The molecule has 0 aromatic heterocycles. The molecule has 0 saturated heterocycles. The zero-order valence-corrected chi connectivity index (χ0v) is 22.4. The van der Waals surface area contributed by atoms with Crippen molar-refractivity contribution in [3.05, 3.63) is 11.6 Å². The summed E-state index contributed by atoms with van der Waals surface area (Å²) >= 11 is 0. The van der Waals surface area contributed by atoms with E-state index in [4.69, 9.17) is 0 Å². The topological polar surface area (TPSA) is 40.5 Å². The van der Waals surface area contributed by atoms with E-state index >= 15 is 0 Å². The minimum absolute atomic E-state index is 0.0267. The molecule has 4 rings (SSSR count). The van der Waals surface area contributed by atoms with Crippen LogP contribution < -0.4 is 0 Å². The van der Waals surface area contributed by atoms with Gasteiger partial charge in [0.15, 0.2) is 0 Å². The highest BCUT2D eigenvalue weighted by atomic mass is 16.3. The Morgan fingerprint density at radius 1 is 0.875 bits per heavy atom. The van der Waals surface area contributed by atoms with E-state index in [0.29, 0.717) is 34.0 Å². The third kappa shape index (κ3) is 3.40. The minimum atomic E-state index is -0.560. The molecule has 2 N–H and O–H groups in total. The molecule has 0 aromatic carbocycles. The largest absolute Gasteiger partial charge is 0.393 e. The summed E-state index contributed by atoms with van der Waals surface area (Å²) < 4.78 is 0. The summed E-state index contributed by atoms with van der Waals surface area (Å²) in [5.74, 6) is 2.45. The van der Waals surface area contributed by atoms with Crippen LogP contribution in [-0.4, -0.2) is 21.9 Å². The highest BCUT2D eigenvalue weighted by molar-refractivity contribution is 5.18. The SMILES string of the molecule is CC(C)=CCC[C@](C)(O)[C@H]1CC[C@]2(C)[C@@H]1CC[C@@H]1[C@@]3(C)CC[C@@H](O)C(C)(C)[C@@H]3CC[C@]12C. The average molecular weight is 445 g/mol. The van der Waals surface area contributed by atoms with Crippen LogP contribution in [0.25, 0.3) is 0 Å². The molecule has 4 saturated carbocycles. The molecule has 4 aliphatic rings. The fraction of sp³-hybridized carbons (Fsp3) is 0.933. The molecular formula is C30H52O2. The van der Waals surface area contributed by atoms with Crippen LogP contribution in [0.3, 0.4) is 0 Å². The van der Waals surface area contributed by atoms with Crippen molar-refractivity contribution in [2.24, 2.45) is 45.3 Å². The third-order valence-corrected chi connectivity index (χ3v) is 12.4. The molecule has 2 nitrogen and oxygen atoms in total. The summed E-state index contributed by atoms with van der Waals surface area (Å²) in [7, 11) is 0. The van der Waals surface area contributed by atoms with Crippen molar-refractivity contribution in [2.75, 3.05) is 0 Å². The van der Waals surface area contributed by atoms with Crippen molar-refractivity contribution >= 4 is 0 Å². The van der Waals surface area contributed by atoms with E-state index in [9.17, 15) is 10.2 Å². The van der Waals surface area contributed by atoms with Gasteiger partial charge in [0.05, 0.1) is 11.7 Å². The van der Waals surface area contributed by atoms with Gasteiger partial charge in [0.1, 0.15) is 0 Å². The van der Waals surface area contributed by atoms with Crippen LogP contribution in [0, 0.1) is 45.3 Å². The molecular weight excluding hydrogens is 392 g/mol. The maximum absolute atomic E-state index is 11.6. The number of allylic oxidation sites excluding steroid dienone is 2. The molecule has 184 valence electrons. The molecule has 0 bridgehead atoms. The number of aliphatic hydroxyl groups is 2. The minimum Gasteiger partial charge on any atom is -0.393 e. The number of hydrogen-bond acceptors (Lipinski definition) is 2. The lowest BCUT2D eigenvalue weighted by atomic mass is 9.35. The Bertz CT molecular complexity index is 746. The predicted octanol–water partition coefficient (Wildman–Crippen LogP) is 7.53. The monoisotopic (exact) mass is 444 g/mol. The first-order valence-corrected chi connectivity index (χ1v) is 13.7. The normalized spacial score (nSPS) is 49.4. The van der Waals surface area contributed by atoms with Gasteiger partial charge >= 0.3 is 0 Å². The highest BCUT2D eigenvalue weighted by Crippen LogP contribution is 2.75. The first-order chi connectivity index (χ1) is 14.7. The van der Waals surface area contributed by atoms with Crippen LogP contribution in [0.5, 0.6) is 0 Å². The average Bonchev–Trinajstić information content (AvgIpc) is 3.04. The van der Waals surface area contributed by atoms with Gasteiger partial charge in [-0.2, -0.15) is 0 Å². The second-order valence-corrected chi connectivity index (χ2v) is 14.4. The van der Waals surface area contributed by atoms with E-state index in [1.165, 1.54) is 50.5 Å². The van der Waals surface area contributed by atoms with Crippen LogP contribution in [0.4, 0.5) is 0 Å². The zero-order valence-electron chi connectivity index (χ0n) is 22.4. The smallest absolute Gasteiger partial charge is 0.0653 e. The molecule has 0 amide bonds. The van der Waals surface area contributed by atoms with Gasteiger partial charge in [-0.05, 0) is 130 Å². The molecule has 0 spiro atoms. The first-order valence-electron chi connectivity index (χ1n) is 13.7. The molecule has 2 heteroatoms. The second kappa shape index (κ2) is 7.84. The van der Waals surface area contributed by atoms with Gasteiger partial charge in [0, 0.05) is 0 Å². The predicted molar refractivity (Wildman–Crippen MR) is 134 cm³/mol. The van der Waals surface area contributed by atoms with Crippen LogP contribution in [0.2, 0.25) is 0 Å². The molecule has 0 heterocycles. The summed E-state index contributed by atoms with van der Waals surface area (Å²) in [6.07, 6.45) is 13.8. The standard InChI is InChI=1S/C30H52O2/c1-20(2)10-9-16-30(8,32)22-13-18-28(6)21(22)11-12-24-27(5)17-15-25(31)26(3,4)23(27)14-19-29(24,28)7/h10,21-25,31-32H,9,11-19H2,1-8H3/t21-,22+,23+,24-,25-,27+,28-,29-,30+/m1/s1. The van der Waals surface area contributed by atoms with Crippen LogP contribution in [-0.2, 0) is 0 Å². The summed E-state index contributed by atoms with van der Waals surface area (Å²) in [5, 5.41) is 22.5. The summed E-state index contributed by atoms with van der Waals surface area (Å²) in [5.41, 5.74) is 1.84. The van der Waals surface area contributed by atoms with Gasteiger partial charge in [-0.3, -0.25) is 0 Å². The Balaban J connectivity index is 1.61. The van der Waals surface area contributed by atoms with Crippen LogP contribution >= 0.6 is 0 Å². The Labute approximate surface area is 198 Å². The Kier molecular flexibility index (Phi) is 6.07. The lowest BCUT2D eigenvalue weighted by Crippen LogP contribution is -2.64. The number of rotatable bonds is 4. The Morgan fingerprint density at radius 2 is 1.53 bits per heavy atom. The van der Waals surface area contributed by atoms with Crippen molar-refractivity contribution < 1.29 is 10.2 Å². The fourth-order valence-corrected chi connectivity index (χ4v) is 10.3. The molecule has 9 atom stereocenters. The van der Waals surface area contributed by atoms with Gasteiger partial charge in [0.2, 0.25) is 0 Å². The van der Waals surface area contributed by atoms with E-state index < -0.39 is 5.60 Å². The molecule has 32 heavy (non-hydrogen) atoms. The van der Waals surface area contributed by atoms with Gasteiger partial charge in [0.25, 0.3) is 0 Å². The summed E-state index contributed by atoms with van der Waals surface area (Å²) in [6, 6.07) is 0. The second-order valence-electron chi connectivity index (χ2n) is 14.4. The Morgan fingerprint density at radius 3 is 2.19 bits per heavy atom. The van der Waals surface area contributed by atoms with E-state index in [2.05, 4.69) is 61.5 Å². The highest BCUT2D eigenvalue weighted by Gasteiger charge is 2.69. The summed E-state index contributed by atoms with van der Waals surface area (Å²) in [6.45, 7) is 19.0. The third-order valence-electron chi connectivity index (χ3n) is 12.4. The van der Waals surface area contributed by atoms with Crippen LogP contribution in [0.15, 0.2) is 11.6 Å². The maximum atomic E-state index is 11.6. The molecule has 0 unspecified atom stereocenters. The van der Waals surface area contributed by atoms with Gasteiger partial charge in [-0.25, -0.2) is 0 Å². The number of fused-ring (bicyclic) bond motifs is 5. The van der Waals surface area contributed by atoms with Crippen molar-refractivity contribution in [3.8, 4) is 0 Å². The maximum Gasteiger partial charge on any atom is 0.0653 e. The van der Waals surface area contributed by atoms with E-state index in [1.807, 2.05) is 0 Å². The van der Waals surface area contributed by atoms with E-state index in [-0.39, 0.29) is 11.5 Å². The zero-order chi connectivity index (χ0) is 23.7. The molecule has 0 aromatic rings. The van der Waals surface area contributed by atoms with Crippen molar-refractivity contribution in [2.45, 2.75) is 131 Å². The van der Waals surface area contributed by atoms with Gasteiger partial charge in [-0.15, -0.1) is 0 Å². The fourth-order valence-electron chi connectivity index (χ4n) is 10.3. The number of hydrogen-bond donors (Lipinski definition) is 2. The molecule has 0 aliphatic heterocycles. The molecule has 4 aliphatic carbocycles. The molecule has 4 fully saturated rings. The van der Waals surface area contributed by atoms with E-state index in [1.54, 1.807) is 0 Å². The lowest BCUT2D eigenvalue weighted by Gasteiger charge is -2.70. The molecule has 0 radical (unpaired) electrons. The number of aliphatic hydroxyl groups excluding tert-OH is 1. The van der Waals surface area contributed by atoms with Crippen molar-refractivity contribution in [1.29, 1.82) is 0 Å². The first kappa shape index (κ1) is 24.8. The van der Waals surface area contributed by atoms with Crippen molar-refractivity contribution in [1.82, 2.24) is 0 Å². The summed E-state index contributed by atoms with van der Waals surface area (Å²) in [4.78, 5) is 0. The van der Waals surface area contributed by atoms with Gasteiger partial charge < -0.3 is 10.2 Å². The van der Waals surface area contributed by atoms with E-state index in [0.717, 1.165) is 25.2 Å². The van der Waals surface area contributed by atoms with Crippen LogP contribution in [0.1, 0.15) is 120 Å². The quantitative estimate of drug-likeness (QED) is 0.440. The Hall–Kier alpha value is -0.340.